The minimum Gasteiger partial charge on any atom is -0.337 e. The van der Waals surface area contributed by atoms with Gasteiger partial charge in [0.15, 0.2) is 0 Å². The molecule has 2 aromatic rings. The molecule has 1 aliphatic carbocycles. The number of aromatic nitrogens is 1. The van der Waals surface area contributed by atoms with Gasteiger partial charge in [0.2, 0.25) is 0 Å². The minimum absolute atomic E-state index is 0. The molecule has 1 aliphatic heterocycles. The van der Waals surface area contributed by atoms with Gasteiger partial charge in [-0.1, -0.05) is 0 Å². The lowest BCUT2D eigenvalue weighted by Crippen LogP contribution is -2.33. The van der Waals surface area contributed by atoms with E-state index in [1.165, 1.54) is 11.3 Å². The fourth-order valence-electron chi connectivity index (χ4n) is 3.55. The predicted octanol–water partition coefficient (Wildman–Crippen LogP) is 3.87. The minimum atomic E-state index is 0. The van der Waals surface area contributed by atoms with Crippen LogP contribution in [-0.2, 0) is 0 Å². The summed E-state index contributed by atoms with van der Waals surface area (Å²) in [7, 11) is 0. The van der Waals surface area contributed by atoms with Crippen LogP contribution in [0.2, 0.25) is 0 Å². The number of carbonyl (C=O) groups is 1. The zero-order valence-electron chi connectivity index (χ0n) is 12.3. The maximum Gasteiger partial charge on any atom is 0.273 e. The van der Waals surface area contributed by atoms with Gasteiger partial charge < -0.3 is 10.6 Å². The molecule has 3 atom stereocenters. The van der Waals surface area contributed by atoms with Crippen LogP contribution in [0.25, 0.3) is 9.88 Å². The number of nitrogens with zero attached hydrogens (tertiary/aromatic N) is 2. The summed E-state index contributed by atoms with van der Waals surface area (Å²) < 4.78 is 1.08. The van der Waals surface area contributed by atoms with E-state index in [0.29, 0.717) is 17.5 Å². The van der Waals surface area contributed by atoms with E-state index in [9.17, 15) is 4.79 Å². The summed E-state index contributed by atoms with van der Waals surface area (Å²) in [6, 6.07) is 4.30. The molecule has 124 valence electrons. The summed E-state index contributed by atoms with van der Waals surface area (Å²) in [5.41, 5.74) is 6.72. The summed E-state index contributed by atoms with van der Waals surface area (Å²) in [4.78, 5) is 20.2. The highest BCUT2D eigenvalue weighted by Crippen LogP contribution is 2.38. The van der Waals surface area contributed by atoms with Crippen molar-refractivity contribution in [2.24, 2.45) is 17.6 Å². The average Bonchev–Trinajstić information content (AvgIpc) is 3.23. The second-order valence-electron chi connectivity index (χ2n) is 6.02. The normalized spacial score (nSPS) is 26.2. The van der Waals surface area contributed by atoms with Crippen LogP contribution < -0.4 is 5.73 Å². The van der Waals surface area contributed by atoms with Crippen molar-refractivity contribution in [2.75, 3.05) is 13.1 Å². The first-order chi connectivity index (χ1) is 10.6. The van der Waals surface area contributed by atoms with E-state index in [4.69, 9.17) is 5.73 Å². The molecule has 8 heteroatoms. The Hall–Kier alpha value is -0.470. The van der Waals surface area contributed by atoms with Gasteiger partial charge in [-0.2, -0.15) is 0 Å². The molecule has 2 aliphatic rings. The number of rotatable bonds is 2. The molecular formula is C15H17BrClN3OS2. The Labute approximate surface area is 157 Å². The van der Waals surface area contributed by atoms with Crippen LogP contribution in [0, 0.1) is 11.8 Å². The summed E-state index contributed by atoms with van der Waals surface area (Å²) in [6.07, 6.45) is 2.26. The maximum absolute atomic E-state index is 12.7. The van der Waals surface area contributed by atoms with Crippen LogP contribution in [-0.4, -0.2) is 34.9 Å². The second-order valence-corrected chi connectivity index (χ2v) is 9.34. The number of likely N-dealkylation sites (tertiary alicyclic amines) is 1. The predicted molar refractivity (Wildman–Crippen MR) is 100 cm³/mol. The van der Waals surface area contributed by atoms with Crippen LogP contribution in [0.15, 0.2) is 21.3 Å². The number of nitrogens with two attached hydrogens (primary N) is 1. The molecule has 2 fully saturated rings. The smallest absolute Gasteiger partial charge is 0.273 e. The SMILES string of the molecule is Cl.NC1CCC2CN(C(=O)c3csc(-c4ccc(Br)s4)n3)CC12. The lowest BCUT2D eigenvalue weighted by Gasteiger charge is -2.17. The Bertz CT molecular complexity index is 719. The van der Waals surface area contributed by atoms with Crippen molar-refractivity contribution in [2.45, 2.75) is 18.9 Å². The van der Waals surface area contributed by atoms with E-state index in [0.717, 1.165) is 39.6 Å². The summed E-state index contributed by atoms with van der Waals surface area (Å²) in [5.74, 6) is 1.13. The molecule has 0 radical (unpaired) electrons. The molecule has 2 N–H and O–H groups in total. The fraction of sp³-hybridized carbons (Fsp3) is 0.467. The van der Waals surface area contributed by atoms with Gasteiger partial charge in [-0.3, -0.25) is 4.79 Å². The molecule has 4 nitrogen and oxygen atoms in total. The molecule has 23 heavy (non-hydrogen) atoms. The number of carbonyl (C=O) groups excluding carboxylic acids is 1. The largest absolute Gasteiger partial charge is 0.337 e. The molecular weight excluding hydrogens is 418 g/mol. The molecule has 0 aromatic carbocycles. The van der Waals surface area contributed by atoms with Crippen molar-refractivity contribution in [3.05, 3.63) is 27.0 Å². The Morgan fingerprint density at radius 1 is 1.35 bits per heavy atom. The zero-order chi connectivity index (χ0) is 15.3. The number of fused-ring (bicyclic) bond motifs is 1. The van der Waals surface area contributed by atoms with Crippen LogP contribution in [0.3, 0.4) is 0 Å². The average molecular weight is 435 g/mol. The monoisotopic (exact) mass is 433 g/mol. The summed E-state index contributed by atoms with van der Waals surface area (Å²) in [5, 5.41) is 2.79. The number of hydrogen-bond donors (Lipinski definition) is 1. The Balaban J connectivity index is 0.00000156. The van der Waals surface area contributed by atoms with E-state index < -0.39 is 0 Å². The molecule has 1 amide bonds. The molecule has 4 rings (SSSR count). The zero-order valence-corrected chi connectivity index (χ0v) is 16.3. The van der Waals surface area contributed by atoms with Gasteiger partial charge >= 0.3 is 0 Å². The molecule has 0 spiro atoms. The third-order valence-corrected chi connectivity index (χ3v) is 7.34. The highest BCUT2D eigenvalue weighted by atomic mass is 79.9. The molecule has 0 bridgehead atoms. The Morgan fingerprint density at radius 2 is 2.17 bits per heavy atom. The summed E-state index contributed by atoms with van der Waals surface area (Å²) in [6.45, 7) is 1.64. The fourth-order valence-corrected chi connectivity index (χ4v) is 5.80. The quantitative estimate of drug-likeness (QED) is 0.780. The lowest BCUT2D eigenvalue weighted by atomic mass is 9.98. The van der Waals surface area contributed by atoms with Crippen LogP contribution in [0.1, 0.15) is 23.3 Å². The first kappa shape index (κ1) is 17.4. The van der Waals surface area contributed by atoms with Gasteiger partial charge in [0, 0.05) is 24.5 Å². The molecule has 1 saturated heterocycles. The number of halogens is 2. The summed E-state index contributed by atoms with van der Waals surface area (Å²) >= 11 is 6.63. The maximum atomic E-state index is 12.7. The highest BCUT2D eigenvalue weighted by molar-refractivity contribution is 9.11. The third-order valence-electron chi connectivity index (χ3n) is 4.71. The van der Waals surface area contributed by atoms with Crippen LogP contribution in [0.5, 0.6) is 0 Å². The second kappa shape index (κ2) is 6.80. The Kier molecular flexibility index (Phi) is 5.13. The van der Waals surface area contributed by atoms with Crippen LogP contribution in [0.4, 0.5) is 0 Å². The van der Waals surface area contributed by atoms with Gasteiger partial charge in [0.05, 0.1) is 8.66 Å². The van der Waals surface area contributed by atoms with Crippen molar-refractivity contribution < 1.29 is 4.79 Å². The van der Waals surface area contributed by atoms with E-state index in [1.807, 2.05) is 22.4 Å². The third kappa shape index (κ3) is 3.22. The topological polar surface area (TPSA) is 59.2 Å². The number of thiophene rings is 1. The van der Waals surface area contributed by atoms with Gasteiger partial charge in [-0.05, 0) is 52.7 Å². The highest BCUT2D eigenvalue weighted by Gasteiger charge is 2.42. The molecule has 3 unspecified atom stereocenters. The lowest BCUT2D eigenvalue weighted by molar-refractivity contribution is 0.0774. The molecule has 1 saturated carbocycles. The molecule has 2 aromatic heterocycles. The van der Waals surface area contributed by atoms with E-state index in [1.54, 1.807) is 11.3 Å². The number of amides is 1. The van der Waals surface area contributed by atoms with Crippen molar-refractivity contribution in [3.8, 4) is 9.88 Å². The van der Waals surface area contributed by atoms with Crippen molar-refractivity contribution in [1.82, 2.24) is 9.88 Å². The Morgan fingerprint density at radius 3 is 2.87 bits per heavy atom. The standard InChI is InChI=1S/C15H16BrN3OS2.ClH/c16-13-4-3-12(22-13)14-18-11(7-21-14)15(20)19-5-8-1-2-10(17)9(8)6-19;/h3-4,7-10H,1-2,5-6,17H2;1H. The van der Waals surface area contributed by atoms with Crippen molar-refractivity contribution in [3.63, 3.8) is 0 Å². The van der Waals surface area contributed by atoms with Crippen LogP contribution >= 0.6 is 51.0 Å². The molecule has 3 heterocycles. The van der Waals surface area contributed by atoms with Gasteiger partial charge in [-0.25, -0.2) is 4.98 Å². The van der Waals surface area contributed by atoms with Gasteiger partial charge in [-0.15, -0.1) is 35.1 Å². The number of thiazole rings is 1. The van der Waals surface area contributed by atoms with Crippen molar-refractivity contribution in [1.29, 1.82) is 0 Å². The van der Waals surface area contributed by atoms with E-state index in [-0.39, 0.29) is 24.4 Å². The first-order valence-corrected chi connectivity index (χ1v) is 9.87. The van der Waals surface area contributed by atoms with E-state index in [2.05, 4.69) is 20.9 Å². The van der Waals surface area contributed by atoms with Crippen molar-refractivity contribution >= 4 is 56.9 Å². The first-order valence-electron chi connectivity index (χ1n) is 7.38. The van der Waals surface area contributed by atoms with Gasteiger partial charge in [0.25, 0.3) is 5.91 Å². The van der Waals surface area contributed by atoms with Gasteiger partial charge in [0.1, 0.15) is 10.7 Å². The number of hydrogen-bond acceptors (Lipinski definition) is 5. The van der Waals surface area contributed by atoms with E-state index >= 15 is 0 Å².